The second-order valence-corrected chi connectivity index (χ2v) is 13.1. The van der Waals surface area contributed by atoms with Crippen molar-refractivity contribution in [3.05, 3.63) is 82.4 Å². The third-order valence-corrected chi connectivity index (χ3v) is 8.91. The Morgan fingerprint density at radius 1 is 0.544 bits per heavy atom. The van der Waals surface area contributed by atoms with Gasteiger partial charge in [-0.15, -0.1) is 0 Å². The summed E-state index contributed by atoms with van der Waals surface area (Å²) in [5.41, 5.74) is 15.3. The molecule has 17 heteroatoms. The molecule has 0 saturated heterocycles. The van der Waals surface area contributed by atoms with Crippen molar-refractivity contribution >= 4 is 115 Å². The first-order valence-corrected chi connectivity index (χ1v) is 20.4. The highest BCUT2D eigenvalue weighted by Gasteiger charge is 2.15. The average molecular weight is 1020 g/mol. The van der Waals surface area contributed by atoms with Gasteiger partial charge in [-0.2, -0.15) is 0 Å². The zero-order valence-corrected chi connectivity index (χ0v) is 37.4. The molecule has 6 N–H and O–H groups in total. The number of amides is 2. The Hall–Kier alpha value is -4.92. The lowest BCUT2D eigenvalue weighted by atomic mass is 10.0. The van der Waals surface area contributed by atoms with Gasteiger partial charge >= 0.3 is 17.9 Å². The lowest BCUT2D eigenvalue weighted by Crippen LogP contribution is -2.16. The van der Waals surface area contributed by atoms with Crippen LogP contribution in [0.5, 0.6) is 0 Å². The van der Waals surface area contributed by atoms with Crippen LogP contribution in [-0.2, 0) is 51.0 Å². The van der Waals surface area contributed by atoms with Crippen molar-refractivity contribution in [1.29, 1.82) is 0 Å². The van der Waals surface area contributed by atoms with E-state index < -0.39 is 17.9 Å². The van der Waals surface area contributed by atoms with Crippen LogP contribution in [0.4, 0.5) is 22.7 Å². The largest absolute Gasteiger partial charge is 0.465 e. The van der Waals surface area contributed by atoms with E-state index in [2.05, 4.69) is 24.8 Å². The molecule has 310 valence electrons. The molecule has 0 aromatic heterocycles. The molecule has 0 atom stereocenters. The number of nitrogens with one attached hydrogen (secondary N) is 2. The molecule has 0 radical (unpaired) electrons. The number of ketones is 3. The number of anilines is 4. The number of rotatable bonds is 14. The van der Waals surface area contributed by atoms with Gasteiger partial charge in [-0.05, 0) is 72.6 Å². The highest BCUT2D eigenvalue weighted by atomic mass is 127. The SMILES string of the molecule is CCC(=O)Cc1cc(C(=O)OC)ccc1NC(=O)CC.CCC(C)=O.COC(=O)c1ccc(N)c(N)c1.COC(=O)c1ccc(NC(=O)CI)c(CC(=O)CI)c1. The van der Waals surface area contributed by atoms with Gasteiger partial charge in [-0.1, -0.05) is 66.0 Å². The van der Waals surface area contributed by atoms with Crippen molar-refractivity contribution in [2.24, 2.45) is 0 Å². The third kappa shape index (κ3) is 20.2. The minimum atomic E-state index is -0.472. The van der Waals surface area contributed by atoms with Gasteiger partial charge in [0.1, 0.15) is 17.3 Å². The van der Waals surface area contributed by atoms with Crippen molar-refractivity contribution < 1.29 is 52.6 Å². The van der Waals surface area contributed by atoms with Gasteiger partial charge in [-0.3, -0.25) is 19.2 Å². The molecule has 3 aromatic rings. The van der Waals surface area contributed by atoms with E-state index in [1.165, 1.54) is 27.4 Å². The molecule has 3 aromatic carbocycles. The highest BCUT2D eigenvalue weighted by Crippen LogP contribution is 2.22. The number of hydrogen-bond donors (Lipinski definition) is 4. The quantitative estimate of drug-likeness (QED) is 0.0453. The van der Waals surface area contributed by atoms with Crippen molar-refractivity contribution in [3.8, 4) is 0 Å². The Labute approximate surface area is 360 Å². The van der Waals surface area contributed by atoms with Crippen LogP contribution >= 0.6 is 45.2 Å². The number of Topliss-reactive ketones (excluding diaryl/α,β-unsaturated/α-hetero) is 3. The summed E-state index contributed by atoms with van der Waals surface area (Å²) in [7, 11) is 3.91. The van der Waals surface area contributed by atoms with Gasteiger partial charge in [0.15, 0.2) is 0 Å². The smallest absolute Gasteiger partial charge is 0.337 e. The van der Waals surface area contributed by atoms with E-state index in [1.54, 1.807) is 69.3 Å². The monoisotopic (exact) mass is 1020 g/mol. The standard InChI is InChI=1S/C15H19NO4.C13H13I2NO4.C8H10N2O2.C4H8O/c1-4-12(17)9-11-8-10(15(19)20-3)6-7-13(11)16-14(18)5-2;1-20-13(19)8-2-3-11(16-12(18)7-15)9(4-8)5-10(17)6-14;1-12-8(11)5-2-3-6(9)7(10)4-5;1-3-4(2)5/h6-8H,4-5,9H2,1-3H3,(H,16,18);2-4H,5-7H2,1H3,(H,16,18);2-4H,9-10H2,1H3;3H2,1-2H3. The number of hydrogen-bond acceptors (Lipinski definition) is 13. The number of nitrogen functional groups attached to an aromatic ring is 2. The molecular weight excluding hydrogens is 966 g/mol. The molecule has 2 amide bonds. The van der Waals surface area contributed by atoms with Crippen LogP contribution in [0.25, 0.3) is 0 Å². The van der Waals surface area contributed by atoms with E-state index in [0.29, 0.717) is 78.7 Å². The molecule has 57 heavy (non-hydrogen) atoms. The Bertz CT molecular complexity index is 1790. The topological polar surface area (TPSA) is 240 Å². The van der Waals surface area contributed by atoms with Crippen molar-refractivity contribution in [2.45, 2.75) is 59.8 Å². The molecule has 0 unspecified atom stereocenters. The first kappa shape index (κ1) is 52.1. The molecule has 0 saturated carbocycles. The number of carbonyl (C=O) groups excluding carboxylic acids is 8. The number of alkyl halides is 2. The summed E-state index contributed by atoms with van der Waals surface area (Å²) < 4.78 is 14.5. The van der Waals surface area contributed by atoms with Gasteiger partial charge in [0.25, 0.3) is 0 Å². The summed E-state index contributed by atoms with van der Waals surface area (Å²) in [6.07, 6.45) is 1.77. The fourth-order valence-corrected chi connectivity index (χ4v) is 4.51. The van der Waals surface area contributed by atoms with Crippen molar-refractivity contribution in [1.82, 2.24) is 0 Å². The summed E-state index contributed by atoms with van der Waals surface area (Å²) in [4.78, 5) is 90.0. The fraction of sp³-hybridized carbons (Fsp3) is 0.350. The van der Waals surface area contributed by atoms with Crippen LogP contribution < -0.4 is 22.1 Å². The number of halogens is 2. The maximum atomic E-state index is 11.6. The Morgan fingerprint density at radius 2 is 0.947 bits per heavy atom. The Balaban J connectivity index is 0.000000798. The number of nitrogens with two attached hydrogens (primary N) is 2. The van der Waals surface area contributed by atoms with Crippen LogP contribution in [0, 0.1) is 0 Å². The maximum absolute atomic E-state index is 11.6. The summed E-state index contributed by atoms with van der Waals surface area (Å²) in [5.74, 6) is -1.33. The molecule has 0 heterocycles. The first-order chi connectivity index (χ1) is 26.9. The van der Waals surface area contributed by atoms with Gasteiger partial charge in [0.2, 0.25) is 11.8 Å². The van der Waals surface area contributed by atoms with Gasteiger partial charge < -0.3 is 41.1 Å². The number of ether oxygens (including phenoxy) is 3. The van der Waals surface area contributed by atoms with Gasteiger partial charge in [0.05, 0.1) is 58.2 Å². The average Bonchev–Trinajstić information content (AvgIpc) is 3.22. The van der Waals surface area contributed by atoms with E-state index in [-0.39, 0.29) is 42.0 Å². The van der Waals surface area contributed by atoms with Crippen molar-refractivity contribution in [3.63, 3.8) is 0 Å². The third-order valence-electron chi connectivity index (χ3n) is 7.37. The highest BCUT2D eigenvalue weighted by molar-refractivity contribution is 14.1. The van der Waals surface area contributed by atoms with E-state index in [4.69, 9.17) is 11.5 Å². The second kappa shape index (κ2) is 28.5. The lowest BCUT2D eigenvalue weighted by molar-refractivity contribution is -0.118. The number of benzene rings is 3. The minimum absolute atomic E-state index is 0.0255. The van der Waals surface area contributed by atoms with Crippen LogP contribution in [0.15, 0.2) is 54.6 Å². The molecule has 0 aliphatic carbocycles. The van der Waals surface area contributed by atoms with Crippen molar-refractivity contribution in [2.75, 3.05) is 52.3 Å². The Kier molecular flexibility index (Phi) is 26.0. The van der Waals surface area contributed by atoms with E-state index in [1.807, 2.05) is 52.1 Å². The van der Waals surface area contributed by atoms with Crippen LogP contribution in [0.1, 0.15) is 89.2 Å². The maximum Gasteiger partial charge on any atom is 0.337 e. The lowest BCUT2D eigenvalue weighted by Gasteiger charge is -2.11. The minimum Gasteiger partial charge on any atom is -0.465 e. The molecule has 3 rings (SSSR count). The summed E-state index contributed by atoms with van der Waals surface area (Å²) >= 11 is 3.94. The Morgan fingerprint density at radius 3 is 1.30 bits per heavy atom. The normalized spacial score (nSPS) is 9.63. The summed E-state index contributed by atoms with van der Waals surface area (Å²) in [5, 5.41) is 5.45. The van der Waals surface area contributed by atoms with Gasteiger partial charge in [-0.25, -0.2) is 14.4 Å². The van der Waals surface area contributed by atoms with Crippen LogP contribution in [-0.4, -0.2) is 77.3 Å². The molecule has 0 bridgehead atoms. The van der Waals surface area contributed by atoms with E-state index in [9.17, 15) is 38.4 Å². The van der Waals surface area contributed by atoms with E-state index in [0.717, 1.165) is 0 Å². The number of carbonyl (C=O) groups is 8. The molecule has 0 fully saturated rings. The second-order valence-electron chi connectivity index (χ2n) is 11.6. The predicted molar refractivity (Wildman–Crippen MR) is 236 cm³/mol. The molecule has 0 spiro atoms. The van der Waals surface area contributed by atoms with Crippen LogP contribution in [0.2, 0.25) is 0 Å². The van der Waals surface area contributed by atoms with Crippen LogP contribution in [0.3, 0.4) is 0 Å². The molecule has 15 nitrogen and oxygen atoms in total. The van der Waals surface area contributed by atoms with Gasteiger partial charge in [0, 0.05) is 43.5 Å². The fourth-order valence-electron chi connectivity index (χ4n) is 4.05. The van der Waals surface area contributed by atoms with E-state index >= 15 is 0 Å². The summed E-state index contributed by atoms with van der Waals surface area (Å²) in [6.45, 7) is 6.95. The summed E-state index contributed by atoms with van der Waals surface area (Å²) in [6, 6.07) is 14.2. The molecule has 0 aliphatic rings. The molecular formula is C40H50I2N4O11. The number of methoxy groups -OCH3 is 3. The zero-order valence-electron chi connectivity index (χ0n) is 33.0. The predicted octanol–water partition coefficient (Wildman–Crippen LogP) is 6.36. The number of esters is 3. The molecule has 0 aliphatic heterocycles. The first-order valence-electron chi connectivity index (χ1n) is 17.3. The zero-order chi connectivity index (χ0) is 43.7.